The van der Waals surface area contributed by atoms with Gasteiger partial charge in [-0.25, -0.2) is 4.79 Å². The zero-order chi connectivity index (χ0) is 15.3. The molecule has 1 aromatic rings. The first kappa shape index (κ1) is 15.8. The third-order valence-corrected chi connectivity index (χ3v) is 3.68. The Hall–Kier alpha value is -1.59. The standard InChI is InChI=1S/C15H26N4O2/c1-15(2,3)13-18-12(19-21-13)9-10-16-14(20)17-11-7-5-4-6-8-11/h11H,4-10H2,1-3H3,(H2,16,17,20). The van der Waals surface area contributed by atoms with Gasteiger partial charge in [0, 0.05) is 24.4 Å². The van der Waals surface area contributed by atoms with Gasteiger partial charge in [-0.2, -0.15) is 4.98 Å². The van der Waals surface area contributed by atoms with Crippen molar-refractivity contribution in [2.24, 2.45) is 0 Å². The van der Waals surface area contributed by atoms with E-state index in [4.69, 9.17) is 4.52 Å². The van der Waals surface area contributed by atoms with E-state index in [-0.39, 0.29) is 11.4 Å². The molecule has 0 aromatic carbocycles. The largest absolute Gasteiger partial charge is 0.339 e. The van der Waals surface area contributed by atoms with E-state index in [1.165, 1.54) is 19.3 Å². The highest BCUT2D eigenvalue weighted by atomic mass is 16.5. The number of aromatic nitrogens is 2. The molecule has 0 radical (unpaired) electrons. The fourth-order valence-electron chi connectivity index (χ4n) is 2.43. The van der Waals surface area contributed by atoms with Crippen molar-refractivity contribution < 1.29 is 9.32 Å². The van der Waals surface area contributed by atoms with Crippen LogP contribution in [-0.4, -0.2) is 28.8 Å². The fraction of sp³-hybridized carbons (Fsp3) is 0.800. The number of hydrogen-bond donors (Lipinski definition) is 2. The molecule has 1 aliphatic rings. The van der Waals surface area contributed by atoms with Crippen molar-refractivity contribution in [3.8, 4) is 0 Å². The SMILES string of the molecule is CC(C)(C)c1nc(CCNC(=O)NC2CCCCC2)no1. The molecule has 0 aliphatic heterocycles. The molecule has 2 rings (SSSR count). The highest BCUT2D eigenvalue weighted by molar-refractivity contribution is 5.74. The van der Waals surface area contributed by atoms with Gasteiger partial charge in [0.15, 0.2) is 5.82 Å². The summed E-state index contributed by atoms with van der Waals surface area (Å²) in [7, 11) is 0. The van der Waals surface area contributed by atoms with Gasteiger partial charge >= 0.3 is 6.03 Å². The maximum absolute atomic E-state index is 11.8. The van der Waals surface area contributed by atoms with Crippen LogP contribution in [-0.2, 0) is 11.8 Å². The number of hydrogen-bond acceptors (Lipinski definition) is 4. The van der Waals surface area contributed by atoms with Crippen LogP contribution in [0.5, 0.6) is 0 Å². The number of amides is 2. The average Bonchev–Trinajstić information content (AvgIpc) is 2.88. The molecule has 1 heterocycles. The van der Waals surface area contributed by atoms with Crippen LogP contribution in [0.1, 0.15) is 64.6 Å². The summed E-state index contributed by atoms with van der Waals surface area (Å²) in [6.07, 6.45) is 6.47. The molecule has 1 aromatic heterocycles. The van der Waals surface area contributed by atoms with Gasteiger partial charge in [-0.15, -0.1) is 0 Å². The molecule has 1 fully saturated rings. The van der Waals surface area contributed by atoms with E-state index in [1.54, 1.807) is 0 Å². The topological polar surface area (TPSA) is 80.0 Å². The number of rotatable bonds is 4. The highest BCUT2D eigenvalue weighted by Crippen LogP contribution is 2.19. The van der Waals surface area contributed by atoms with Crippen LogP contribution in [0.3, 0.4) is 0 Å². The minimum Gasteiger partial charge on any atom is -0.339 e. The molecule has 0 atom stereocenters. The van der Waals surface area contributed by atoms with Crippen molar-refractivity contribution in [3.05, 3.63) is 11.7 Å². The van der Waals surface area contributed by atoms with Crippen LogP contribution in [0.15, 0.2) is 4.52 Å². The first-order chi connectivity index (χ1) is 9.95. The molecule has 1 saturated carbocycles. The molecule has 0 unspecified atom stereocenters. The molecule has 0 bridgehead atoms. The Kier molecular flexibility index (Phi) is 5.20. The van der Waals surface area contributed by atoms with Crippen molar-refractivity contribution >= 4 is 6.03 Å². The van der Waals surface area contributed by atoms with Crippen molar-refractivity contribution in [1.29, 1.82) is 0 Å². The third kappa shape index (κ3) is 5.02. The lowest BCUT2D eigenvalue weighted by atomic mass is 9.96. The molecule has 0 saturated heterocycles. The van der Waals surface area contributed by atoms with E-state index < -0.39 is 0 Å². The van der Waals surface area contributed by atoms with Crippen LogP contribution in [0.25, 0.3) is 0 Å². The van der Waals surface area contributed by atoms with Gasteiger partial charge in [0.1, 0.15) is 0 Å². The summed E-state index contributed by atoms with van der Waals surface area (Å²) < 4.78 is 5.22. The van der Waals surface area contributed by atoms with Gasteiger partial charge in [-0.3, -0.25) is 0 Å². The summed E-state index contributed by atoms with van der Waals surface area (Å²) >= 11 is 0. The lowest BCUT2D eigenvalue weighted by molar-refractivity contribution is 0.232. The molecule has 6 nitrogen and oxygen atoms in total. The van der Waals surface area contributed by atoms with E-state index in [9.17, 15) is 4.79 Å². The Morgan fingerprint density at radius 1 is 1.29 bits per heavy atom. The number of nitrogens with one attached hydrogen (secondary N) is 2. The van der Waals surface area contributed by atoms with Gasteiger partial charge in [0.2, 0.25) is 5.89 Å². The maximum Gasteiger partial charge on any atom is 0.315 e. The summed E-state index contributed by atoms with van der Waals surface area (Å²) in [6, 6.07) is 0.234. The predicted octanol–water partition coefficient (Wildman–Crippen LogP) is 2.54. The minimum atomic E-state index is -0.142. The van der Waals surface area contributed by atoms with Crippen LogP contribution >= 0.6 is 0 Å². The van der Waals surface area contributed by atoms with E-state index in [0.717, 1.165) is 12.8 Å². The molecule has 2 amide bonds. The number of nitrogens with zero attached hydrogens (tertiary/aromatic N) is 2. The zero-order valence-electron chi connectivity index (χ0n) is 13.2. The lowest BCUT2D eigenvalue weighted by Gasteiger charge is -2.22. The Morgan fingerprint density at radius 2 is 2.00 bits per heavy atom. The second kappa shape index (κ2) is 6.91. The summed E-state index contributed by atoms with van der Waals surface area (Å²) in [5, 5.41) is 9.81. The van der Waals surface area contributed by atoms with E-state index in [1.807, 2.05) is 20.8 Å². The predicted molar refractivity (Wildman–Crippen MR) is 80.1 cm³/mol. The lowest BCUT2D eigenvalue weighted by Crippen LogP contribution is -2.43. The van der Waals surface area contributed by atoms with Crippen molar-refractivity contribution in [2.75, 3.05) is 6.54 Å². The second-order valence-corrected chi connectivity index (χ2v) is 6.75. The smallest absolute Gasteiger partial charge is 0.315 e. The summed E-state index contributed by atoms with van der Waals surface area (Å²) in [4.78, 5) is 16.1. The van der Waals surface area contributed by atoms with Crippen molar-refractivity contribution in [3.63, 3.8) is 0 Å². The first-order valence-corrected chi connectivity index (χ1v) is 7.82. The Bertz CT molecular complexity index is 458. The number of carbonyl (C=O) groups is 1. The third-order valence-electron chi connectivity index (χ3n) is 3.68. The van der Waals surface area contributed by atoms with E-state index >= 15 is 0 Å². The second-order valence-electron chi connectivity index (χ2n) is 6.75. The molecule has 6 heteroatoms. The van der Waals surface area contributed by atoms with Gasteiger partial charge in [0.25, 0.3) is 0 Å². The van der Waals surface area contributed by atoms with Crippen LogP contribution < -0.4 is 10.6 Å². The Labute approximate surface area is 126 Å². The van der Waals surface area contributed by atoms with Gasteiger partial charge in [0.05, 0.1) is 0 Å². The van der Waals surface area contributed by atoms with Crippen LogP contribution in [0.2, 0.25) is 0 Å². The number of urea groups is 1. The summed E-state index contributed by atoms with van der Waals surface area (Å²) in [5.41, 5.74) is -0.142. The normalized spacial score (nSPS) is 16.7. The molecular weight excluding hydrogens is 268 g/mol. The van der Waals surface area contributed by atoms with Crippen molar-refractivity contribution in [2.45, 2.75) is 70.8 Å². The maximum atomic E-state index is 11.8. The number of carbonyl (C=O) groups excluding carboxylic acids is 1. The van der Waals surface area contributed by atoms with Crippen molar-refractivity contribution in [1.82, 2.24) is 20.8 Å². The average molecular weight is 294 g/mol. The Balaban J connectivity index is 1.69. The monoisotopic (exact) mass is 294 g/mol. The molecule has 2 N–H and O–H groups in total. The van der Waals surface area contributed by atoms with Gasteiger partial charge < -0.3 is 15.2 Å². The van der Waals surface area contributed by atoms with E-state index in [2.05, 4.69) is 20.8 Å². The van der Waals surface area contributed by atoms with Gasteiger partial charge in [-0.1, -0.05) is 45.2 Å². The molecule has 0 spiro atoms. The quantitative estimate of drug-likeness (QED) is 0.894. The Morgan fingerprint density at radius 3 is 2.62 bits per heavy atom. The zero-order valence-corrected chi connectivity index (χ0v) is 13.2. The fourth-order valence-corrected chi connectivity index (χ4v) is 2.43. The molecule has 118 valence electrons. The minimum absolute atomic E-state index is 0.0959. The summed E-state index contributed by atoms with van der Waals surface area (Å²) in [6.45, 7) is 6.60. The van der Waals surface area contributed by atoms with E-state index in [0.29, 0.717) is 30.7 Å². The van der Waals surface area contributed by atoms with Gasteiger partial charge in [-0.05, 0) is 12.8 Å². The summed E-state index contributed by atoms with van der Waals surface area (Å²) in [5.74, 6) is 1.27. The van der Waals surface area contributed by atoms with Crippen LogP contribution in [0, 0.1) is 0 Å². The van der Waals surface area contributed by atoms with Crippen LogP contribution in [0.4, 0.5) is 4.79 Å². The highest BCUT2D eigenvalue weighted by Gasteiger charge is 2.21. The molecule has 1 aliphatic carbocycles. The molecule has 21 heavy (non-hydrogen) atoms. The molecular formula is C15H26N4O2. The first-order valence-electron chi connectivity index (χ1n) is 7.82.